The molecule has 3 atom stereocenters. The quantitative estimate of drug-likeness (QED) is 0.491. The maximum absolute atomic E-state index is 11.2. The van der Waals surface area contributed by atoms with Crippen LogP contribution >= 0.6 is 0 Å². The van der Waals surface area contributed by atoms with Gasteiger partial charge in [0.2, 0.25) is 0 Å². The second-order valence-electron chi connectivity index (χ2n) is 3.09. The van der Waals surface area contributed by atoms with E-state index in [0.29, 0.717) is 6.42 Å². The Balaban J connectivity index is 2.69. The van der Waals surface area contributed by atoms with E-state index in [9.17, 15) is 9.90 Å². The number of aliphatic hydroxyl groups is 1. The number of esters is 1. The van der Waals surface area contributed by atoms with Crippen LogP contribution in [0.4, 0.5) is 0 Å². The Labute approximate surface area is 72.0 Å². The van der Waals surface area contributed by atoms with Crippen molar-refractivity contribution in [3.8, 4) is 0 Å². The molecule has 3 nitrogen and oxygen atoms in total. The molecule has 1 saturated carbocycles. The van der Waals surface area contributed by atoms with E-state index in [0.717, 1.165) is 6.42 Å². The fourth-order valence-electron chi connectivity index (χ4n) is 1.74. The third-order valence-electron chi connectivity index (χ3n) is 2.45. The SMILES string of the molecule is C=CC1CCC(O)C1C(=O)OC. The zero-order chi connectivity index (χ0) is 9.14. The van der Waals surface area contributed by atoms with Gasteiger partial charge in [0.15, 0.2) is 0 Å². The minimum absolute atomic E-state index is 0.0763. The monoisotopic (exact) mass is 170 g/mol. The fraction of sp³-hybridized carbons (Fsp3) is 0.667. The van der Waals surface area contributed by atoms with Gasteiger partial charge in [0.1, 0.15) is 0 Å². The summed E-state index contributed by atoms with van der Waals surface area (Å²) in [5, 5.41) is 9.44. The average molecular weight is 170 g/mol. The van der Waals surface area contributed by atoms with Gasteiger partial charge in [0.25, 0.3) is 0 Å². The lowest BCUT2D eigenvalue weighted by atomic mass is 9.95. The van der Waals surface area contributed by atoms with Gasteiger partial charge < -0.3 is 9.84 Å². The number of carbonyl (C=O) groups is 1. The van der Waals surface area contributed by atoms with Crippen LogP contribution in [0.5, 0.6) is 0 Å². The molecule has 0 saturated heterocycles. The molecule has 3 heteroatoms. The number of methoxy groups -OCH3 is 1. The van der Waals surface area contributed by atoms with E-state index >= 15 is 0 Å². The molecule has 0 amide bonds. The highest BCUT2D eigenvalue weighted by Crippen LogP contribution is 2.33. The highest BCUT2D eigenvalue weighted by atomic mass is 16.5. The molecule has 0 aromatic rings. The second-order valence-corrected chi connectivity index (χ2v) is 3.09. The van der Waals surface area contributed by atoms with Gasteiger partial charge in [0.05, 0.1) is 19.1 Å². The van der Waals surface area contributed by atoms with Crippen LogP contribution in [0, 0.1) is 11.8 Å². The zero-order valence-corrected chi connectivity index (χ0v) is 7.19. The summed E-state index contributed by atoms with van der Waals surface area (Å²) in [7, 11) is 1.34. The van der Waals surface area contributed by atoms with Crippen molar-refractivity contribution >= 4 is 5.97 Å². The van der Waals surface area contributed by atoms with Crippen LogP contribution in [0.1, 0.15) is 12.8 Å². The van der Waals surface area contributed by atoms with Gasteiger partial charge in [-0.1, -0.05) is 6.08 Å². The number of carbonyl (C=O) groups excluding carboxylic acids is 1. The third-order valence-corrected chi connectivity index (χ3v) is 2.45. The third kappa shape index (κ3) is 1.50. The summed E-state index contributed by atoms with van der Waals surface area (Å²) in [4.78, 5) is 11.2. The molecule has 1 rings (SSSR count). The average Bonchev–Trinajstić information content (AvgIpc) is 2.45. The largest absolute Gasteiger partial charge is 0.469 e. The Morgan fingerprint density at radius 3 is 2.83 bits per heavy atom. The van der Waals surface area contributed by atoms with Crippen LogP contribution < -0.4 is 0 Å². The minimum atomic E-state index is -0.555. The van der Waals surface area contributed by atoms with Gasteiger partial charge in [-0.2, -0.15) is 0 Å². The lowest BCUT2D eigenvalue weighted by Gasteiger charge is -2.15. The molecular weight excluding hydrogens is 156 g/mol. The summed E-state index contributed by atoms with van der Waals surface area (Å²) in [5.41, 5.74) is 0. The summed E-state index contributed by atoms with van der Waals surface area (Å²) in [6.45, 7) is 3.63. The first-order chi connectivity index (χ1) is 5.70. The van der Waals surface area contributed by atoms with Gasteiger partial charge in [-0.05, 0) is 18.8 Å². The minimum Gasteiger partial charge on any atom is -0.469 e. The van der Waals surface area contributed by atoms with Crippen molar-refractivity contribution in [3.05, 3.63) is 12.7 Å². The zero-order valence-electron chi connectivity index (χ0n) is 7.19. The predicted molar refractivity (Wildman–Crippen MR) is 44.4 cm³/mol. The Kier molecular flexibility index (Phi) is 2.87. The second kappa shape index (κ2) is 3.72. The van der Waals surface area contributed by atoms with E-state index in [-0.39, 0.29) is 11.9 Å². The molecule has 1 fully saturated rings. The number of hydrogen-bond donors (Lipinski definition) is 1. The first kappa shape index (κ1) is 9.26. The normalized spacial score (nSPS) is 34.7. The van der Waals surface area contributed by atoms with E-state index in [1.165, 1.54) is 7.11 Å². The van der Waals surface area contributed by atoms with Gasteiger partial charge in [-0.3, -0.25) is 4.79 Å². The molecule has 12 heavy (non-hydrogen) atoms. The highest BCUT2D eigenvalue weighted by molar-refractivity contribution is 5.74. The van der Waals surface area contributed by atoms with Gasteiger partial charge in [0, 0.05) is 0 Å². The van der Waals surface area contributed by atoms with Crippen molar-refractivity contribution in [2.24, 2.45) is 11.8 Å². The first-order valence-electron chi connectivity index (χ1n) is 4.09. The Morgan fingerprint density at radius 1 is 1.67 bits per heavy atom. The van der Waals surface area contributed by atoms with E-state index in [4.69, 9.17) is 0 Å². The van der Waals surface area contributed by atoms with E-state index in [2.05, 4.69) is 11.3 Å². The molecule has 68 valence electrons. The van der Waals surface area contributed by atoms with Crippen LogP contribution in [-0.2, 0) is 9.53 Å². The summed E-state index contributed by atoms with van der Waals surface area (Å²) in [6, 6.07) is 0. The van der Waals surface area contributed by atoms with Crippen LogP contribution in [0.2, 0.25) is 0 Å². The Bertz CT molecular complexity index is 188. The number of hydrogen-bond acceptors (Lipinski definition) is 3. The molecule has 1 N–H and O–H groups in total. The van der Waals surface area contributed by atoms with Crippen molar-refractivity contribution in [1.29, 1.82) is 0 Å². The molecule has 3 unspecified atom stereocenters. The predicted octanol–water partition coefficient (Wildman–Crippen LogP) is 0.732. The Morgan fingerprint density at radius 2 is 2.33 bits per heavy atom. The molecule has 0 aromatic heterocycles. The summed E-state index contributed by atoms with van der Waals surface area (Å²) in [6.07, 6.45) is 2.65. The van der Waals surface area contributed by atoms with Crippen molar-refractivity contribution < 1.29 is 14.6 Å². The fourth-order valence-corrected chi connectivity index (χ4v) is 1.74. The van der Waals surface area contributed by atoms with Crippen LogP contribution in [-0.4, -0.2) is 24.3 Å². The lowest BCUT2D eigenvalue weighted by molar-refractivity contribution is -0.149. The summed E-state index contributed by atoms with van der Waals surface area (Å²) >= 11 is 0. The molecule has 1 aliphatic carbocycles. The number of ether oxygens (including phenoxy) is 1. The van der Waals surface area contributed by atoms with Crippen LogP contribution in [0.3, 0.4) is 0 Å². The van der Waals surface area contributed by atoms with E-state index in [1.807, 2.05) is 0 Å². The van der Waals surface area contributed by atoms with Gasteiger partial charge >= 0.3 is 5.97 Å². The van der Waals surface area contributed by atoms with Crippen molar-refractivity contribution in [2.45, 2.75) is 18.9 Å². The van der Waals surface area contributed by atoms with Crippen molar-refractivity contribution in [2.75, 3.05) is 7.11 Å². The highest BCUT2D eigenvalue weighted by Gasteiger charge is 2.39. The number of allylic oxidation sites excluding steroid dienone is 1. The maximum Gasteiger partial charge on any atom is 0.311 e. The molecule has 0 aliphatic heterocycles. The lowest BCUT2D eigenvalue weighted by Crippen LogP contribution is -2.28. The van der Waals surface area contributed by atoms with Crippen molar-refractivity contribution in [3.63, 3.8) is 0 Å². The number of rotatable bonds is 2. The van der Waals surface area contributed by atoms with Crippen molar-refractivity contribution in [1.82, 2.24) is 0 Å². The van der Waals surface area contributed by atoms with Crippen LogP contribution in [0.15, 0.2) is 12.7 Å². The van der Waals surface area contributed by atoms with Crippen LogP contribution in [0.25, 0.3) is 0 Å². The molecular formula is C9H14O3. The van der Waals surface area contributed by atoms with Gasteiger partial charge in [-0.15, -0.1) is 6.58 Å². The topological polar surface area (TPSA) is 46.5 Å². The Hall–Kier alpha value is -0.830. The molecule has 0 radical (unpaired) electrons. The molecule has 1 aliphatic rings. The van der Waals surface area contributed by atoms with Gasteiger partial charge in [-0.25, -0.2) is 0 Å². The number of aliphatic hydroxyl groups excluding tert-OH is 1. The summed E-state index contributed by atoms with van der Waals surface area (Å²) < 4.78 is 4.59. The standard InChI is InChI=1S/C9H14O3/c1-3-6-4-5-7(10)8(6)9(11)12-2/h3,6-8,10H,1,4-5H2,2H3. The molecule has 0 heterocycles. The van der Waals surface area contributed by atoms with E-state index < -0.39 is 12.0 Å². The summed E-state index contributed by atoms with van der Waals surface area (Å²) in [5.74, 6) is -0.648. The molecule has 0 aromatic carbocycles. The smallest absolute Gasteiger partial charge is 0.311 e. The first-order valence-corrected chi connectivity index (χ1v) is 4.09. The molecule has 0 spiro atoms. The molecule has 0 bridgehead atoms. The van der Waals surface area contributed by atoms with E-state index in [1.54, 1.807) is 6.08 Å². The maximum atomic E-state index is 11.2.